The van der Waals surface area contributed by atoms with Gasteiger partial charge in [-0.1, -0.05) is 43.7 Å². The highest BCUT2D eigenvalue weighted by Gasteiger charge is 2.21. The van der Waals surface area contributed by atoms with Gasteiger partial charge in [-0.3, -0.25) is 4.79 Å². The highest BCUT2D eigenvalue weighted by molar-refractivity contribution is 7.09. The first-order valence-electron chi connectivity index (χ1n) is 8.12. The van der Waals surface area contributed by atoms with Gasteiger partial charge in [0.05, 0.1) is 10.7 Å². The molecule has 0 saturated heterocycles. The Morgan fingerprint density at radius 1 is 1.22 bits per heavy atom. The second-order valence-electron chi connectivity index (χ2n) is 6.71. The van der Waals surface area contributed by atoms with Crippen LogP contribution in [0.4, 0.5) is 0 Å². The van der Waals surface area contributed by atoms with Gasteiger partial charge >= 0.3 is 0 Å². The molecule has 1 N–H and O–H groups in total. The standard InChI is InChI=1S/C19H26N2OS/c1-14-5-7-16(8-6-14)19(3,4)11-9-18(22)20-12-10-17-13-23-15(2)21-17/h5-8,13H,9-12H2,1-4H3,(H,20,22). The molecule has 1 heterocycles. The largest absolute Gasteiger partial charge is 0.356 e. The predicted octanol–water partition coefficient (Wildman–Crippen LogP) is 4.18. The van der Waals surface area contributed by atoms with Gasteiger partial charge in [-0.15, -0.1) is 11.3 Å². The number of hydrogen-bond acceptors (Lipinski definition) is 3. The fourth-order valence-electron chi connectivity index (χ4n) is 2.52. The molecule has 0 radical (unpaired) electrons. The maximum absolute atomic E-state index is 12.0. The summed E-state index contributed by atoms with van der Waals surface area (Å²) in [5, 5.41) is 6.13. The average molecular weight is 330 g/mol. The zero-order valence-corrected chi connectivity index (χ0v) is 15.3. The highest BCUT2D eigenvalue weighted by Crippen LogP contribution is 2.28. The van der Waals surface area contributed by atoms with Gasteiger partial charge in [-0.05, 0) is 31.2 Å². The second kappa shape index (κ2) is 7.73. The number of aryl methyl sites for hydroxylation is 2. The third-order valence-corrected chi connectivity index (χ3v) is 5.00. The maximum Gasteiger partial charge on any atom is 0.220 e. The Kier molecular flexibility index (Phi) is 5.94. The quantitative estimate of drug-likeness (QED) is 0.827. The lowest BCUT2D eigenvalue weighted by Crippen LogP contribution is -2.28. The SMILES string of the molecule is Cc1ccc(C(C)(C)CCC(=O)NCCc2csc(C)n2)cc1. The lowest BCUT2D eigenvalue weighted by Gasteiger charge is -2.25. The van der Waals surface area contributed by atoms with Crippen molar-refractivity contribution in [1.29, 1.82) is 0 Å². The van der Waals surface area contributed by atoms with Crippen LogP contribution < -0.4 is 5.32 Å². The fourth-order valence-corrected chi connectivity index (χ4v) is 3.16. The van der Waals surface area contributed by atoms with Gasteiger partial charge in [0, 0.05) is 24.8 Å². The predicted molar refractivity (Wildman–Crippen MR) is 97.0 cm³/mol. The summed E-state index contributed by atoms with van der Waals surface area (Å²) in [6, 6.07) is 8.59. The number of nitrogens with zero attached hydrogens (tertiary/aromatic N) is 1. The average Bonchev–Trinajstić information content (AvgIpc) is 2.91. The topological polar surface area (TPSA) is 42.0 Å². The van der Waals surface area contributed by atoms with E-state index >= 15 is 0 Å². The zero-order valence-electron chi connectivity index (χ0n) is 14.5. The van der Waals surface area contributed by atoms with Gasteiger partial charge in [-0.25, -0.2) is 4.98 Å². The van der Waals surface area contributed by atoms with Crippen molar-refractivity contribution in [3.05, 3.63) is 51.5 Å². The Bertz CT molecular complexity index is 644. The molecular formula is C19H26N2OS. The number of nitrogens with one attached hydrogen (secondary N) is 1. The lowest BCUT2D eigenvalue weighted by atomic mass is 9.80. The molecular weight excluding hydrogens is 304 g/mol. The van der Waals surface area contributed by atoms with Crippen LogP contribution in [-0.2, 0) is 16.6 Å². The van der Waals surface area contributed by atoms with E-state index in [2.05, 4.69) is 60.7 Å². The van der Waals surface area contributed by atoms with Crippen molar-refractivity contribution in [3.63, 3.8) is 0 Å². The van der Waals surface area contributed by atoms with Gasteiger partial charge in [-0.2, -0.15) is 0 Å². The molecule has 1 amide bonds. The molecule has 1 aromatic heterocycles. The van der Waals surface area contributed by atoms with Crippen LogP contribution in [0.2, 0.25) is 0 Å². The van der Waals surface area contributed by atoms with Crippen LogP contribution in [-0.4, -0.2) is 17.4 Å². The van der Waals surface area contributed by atoms with E-state index in [1.54, 1.807) is 11.3 Å². The molecule has 4 heteroatoms. The van der Waals surface area contributed by atoms with Gasteiger partial charge in [0.2, 0.25) is 5.91 Å². The Labute approximate surface area is 143 Å². The number of thiazole rings is 1. The van der Waals surface area contributed by atoms with Crippen molar-refractivity contribution >= 4 is 17.2 Å². The van der Waals surface area contributed by atoms with Crippen molar-refractivity contribution in [1.82, 2.24) is 10.3 Å². The summed E-state index contributed by atoms with van der Waals surface area (Å²) in [6.07, 6.45) is 2.20. The molecule has 0 unspecified atom stereocenters. The van der Waals surface area contributed by atoms with Gasteiger partial charge in [0.1, 0.15) is 0 Å². The van der Waals surface area contributed by atoms with Crippen molar-refractivity contribution in [3.8, 4) is 0 Å². The van der Waals surface area contributed by atoms with E-state index in [-0.39, 0.29) is 11.3 Å². The summed E-state index contributed by atoms with van der Waals surface area (Å²) in [7, 11) is 0. The molecule has 2 aromatic rings. The van der Waals surface area contributed by atoms with Crippen LogP contribution in [0.5, 0.6) is 0 Å². The third kappa shape index (κ3) is 5.47. The fraction of sp³-hybridized carbons (Fsp3) is 0.474. The van der Waals surface area contributed by atoms with E-state index in [9.17, 15) is 4.79 Å². The third-order valence-electron chi connectivity index (χ3n) is 4.18. The molecule has 2 rings (SSSR count). The molecule has 124 valence electrons. The van der Waals surface area contributed by atoms with Crippen molar-refractivity contribution < 1.29 is 4.79 Å². The molecule has 0 aliphatic rings. The van der Waals surface area contributed by atoms with E-state index in [0.717, 1.165) is 23.5 Å². The number of carbonyl (C=O) groups is 1. The van der Waals surface area contributed by atoms with E-state index in [0.29, 0.717) is 13.0 Å². The first kappa shape index (κ1) is 17.7. The van der Waals surface area contributed by atoms with Crippen molar-refractivity contribution in [2.24, 2.45) is 0 Å². The van der Waals surface area contributed by atoms with E-state index in [1.807, 2.05) is 6.92 Å². The summed E-state index contributed by atoms with van der Waals surface area (Å²) >= 11 is 1.65. The minimum absolute atomic E-state index is 0.0110. The first-order valence-corrected chi connectivity index (χ1v) is 9.00. The molecule has 0 fully saturated rings. The van der Waals surface area contributed by atoms with Crippen molar-refractivity contribution in [2.45, 2.75) is 52.4 Å². The number of hydrogen-bond donors (Lipinski definition) is 1. The number of carbonyl (C=O) groups excluding carboxylic acids is 1. The number of benzene rings is 1. The molecule has 0 saturated carbocycles. The maximum atomic E-state index is 12.0. The van der Waals surface area contributed by atoms with Crippen LogP contribution in [0.3, 0.4) is 0 Å². The number of rotatable bonds is 7. The lowest BCUT2D eigenvalue weighted by molar-refractivity contribution is -0.121. The Morgan fingerprint density at radius 2 is 1.91 bits per heavy atom. The molecule has 1 aromatic carbocycles. The Hall–Kier alpha value is -1.68. The van der Waals surface area contributed by atoms with Crippen LogP contribution in [0, 0.1) is 13.8 Å². The smallest absolute Gasteiger partial charge is 0.220 e. The molecule has 0 bridgehead atoms. The first-order chi connectivity index (χ1) is 10.9. The summed E-state index contributed by atoms with van der Waals surface area (Å²) in [5.74, 6) is 0.122. The molecule has 3 nitrogen and oxygen atoms in total. The van der Waals surface area contributed by atoms with E-state index < -0.39 is 0 Å². The minimum atomic E-state index is 0.0110. The molecule has 23 heavy (non-hydrogen) atoms. The van der Waals surface area contributed by atoms with Crippen LogP contribution in [0.15, 0.2) is 29.6 Å². The van der Waals surface area contributed by atoms with Crippen LogP contribution in [0.25, 0.3) is 0 Å². The Morgan fingerprint density at radius 3 is 2.52 bits per heavy atom. The number of aromatic nitrogens is 1. The highest BCUT2D eigenvalue weighted by atomic mass is 32.1. The van der Waals surface area contributed by atoms with Gasteiger partial charge in [0.15, 0.2) is 0 Å². The summed E-state index contributed by atoms with van der Waals surface area (Å²) in [4.78, 5) is 16.4. The molecule has 0 aliphatic heterocycles. The van der Waals surface area contributed by atoms with Gasteiger partial charge in [0.25, 0.3) is 0 Å². The normalized spacial score (nSPS) is 11.5. The molecule has 0 aliphatic carbocycles. The molecule has 0 atom stereocenters. The second-order valence-corrected chi connectivity index (χ2v) is 7.77. The Balaban J connectivity index is 1.75. The minimum Gasteiger partial charge on any atom is -0.356 e. The summed E-state index contributed by atoms with van der Waals surface area (Å²) in [5.41, 5.74) is 3.62. The number of amides is 1. The van der Waals surface area contributed by atoms with Crippen LogP contribution >= 0.6 is 11.3 Å². The van der Waals surface area contributed by atoms with Gasteiger partial charge < -0.3 is 5.32 Å². The monoisotopic (exact) mass is 330 g/mol. The van der Waals surface area contributed by atoms with Crippen molar-refractivity contribution in [2.75, 3.05) is 6.54 Å². The molecule has 0 spiro atoms. The summed E-state index contributed by atoms with van der Waals surface area (Å²) < 4.78 is 0. The summed E-state index contributed by atoms with van der Waals surface area (Å²) in [6.45, 7) is 9.15. The van der Waals surface area contributed by atoms with E-state index in [1.165, 1.54) is 11.1 Å². The zero-order chi connectivity index (χ0) is 16.9. The van der Waals surface area contributed by atoms with Crippen LogP contribution in [0.1, 0.15) is 48.5 Å². The van der Waals surface area contributed by atoms with E-state index in [4.69, 9.17) is 0 Å².